The van der Waals surface area contributed by atoms with Crippen LogP contribution in [0.5, 0.6) is 0 Å². The Bertz CT molecular complexity index is 1060. The summed E-state index contributed by atoms with van der Waals surface area (Å²) >= 11 is 11.9. The molecule has 26 heavy (non-hydrogen) atoms. The van der Waals surface area contributed by atoms with E-state index >= 15 is 0 Å². The van der Waals surface area contributed by atoms with Gasteiger partial charge in [-0.15, -0.1) is 10.2 Å². The molecule has 0 saturated carbocycles. The van der Waals surface area contributed by atoms with Crippen molar-refractivity contribution in [3.63, 3.8) is 0 Å². The summed E-state index contributed by atoms with van der Waals surface area (Å²) in [6, 6.07) is 10.1. The van der Waals surface area contributed by atoms with Crippen molar-refractivity contribution in [3.05, 3.63) is 58.5 Å². The van der Waals surface area contributed by atoms with Crippen molar-refractivity contribution in [1.82, 2.24) is 18.9 Å². The lowest BCUT2D eigenvalue weighted by atomic mass is 9.97. The van der Waals surface area contributed by atoms with E-state index in [1.165, 1.54) is 22.5 Å². The maximum absolute atomic E-state index is 12.8. The maximum atomic E-state index is 12.8. The molecule has 1 aliphatic heterocycles. The van der Waals surface area contributed by atoms with E-state index in [1.807, 2.05) is 28.8 Å². The van der Waals surface area contributed by atoms with E-state index in [-0.39, 0.29) is 15.8 Å². The predicted molar refractivity (Wildman–Crippen MR) is 100 cm³/mol. The summed E-state index contributed by atoms with van der Waals surface area (Å²) in [4.78, 5) is 0.165. The number of hydrogen-bond donors (Lipinski definition) is 0. The molecular weight excluding hydrogens is 395 g/mol. The molecule has 0 N–H and O–H groups in total. The first-order valence-corrected chi connectivity index (χ1v) is 10.4. The van der Waals surface area contributed by atoms with E-state index in [0.29, 0.717) is 31.0 Å². The summed E-state index contributed by atoms with van der Waals surface area (Å²) in [5, 5.41) is 9.05. The molecular formula is C17H16Cl2N4O2S. The quantitative estimate of drug-likeness (QED) is 0.661. The fourth-order valence-electron chi connectivity index (χ4n) is 3.28. The first-order valence-electron chi connectivity index (χ1n) is 8.21. The highest BCUT2D eigenvalue weighted by molar-refractivity contribution is 7.89. The van der Waals surface area contributed by atoms with Gasteiger partial charge < -0.3 is 0 Å². The third-order valence-electron chi connectivity index (χ3n) is 4.69. The Labute approximate surface area is 161 Å². The van der Waals surface area contributed by atoms with Crippen molar-refractivity contribution in [2.24, 2.45) is 0 Å². The third kappa shape index (κ3) is 3.09. The van der Waals surface area contributed by atoms with Gasteiger partial charge in [0, 0.05) is 25.2 Å². The summed E-state index contributed by atoms with van der Waals surface area (Å²) < 4.78 is 29.2. The Morgan fingerprint density at radius 3 is 2.50 bits per heavy atom. The summed E-state index contributed by atoms with van der Waals surface area (Å²) in [6.07, 6.45) is 3.32. The van der Waals surface area contributed by atoms with E-state index in [2.05, 4.69) is 10.2 Å². The number of fused-ring (bicyclic) bond motifs is 1. The molecule has 4 rings (SSSR count). The van der Waals surface area contributed by atoms with Gasteiger partial charge >= 0.3 is 0 Å². The van der Waals surface area contributed by atoms with Crippen LogP contribution >= 0.6 is 23.2 Å². The zero-order valence-electron chi connectivity index (χ0n) is 13.7. The second kappa shape index (κ2) is 6.81. The minimum absolute atomic E-state index is 0.165. The Balaban J connectivity index is 1.53. The molecule has 0 radical (unpaired) electrons. The Morgan fingerprint density at radius 1 is 1.00 bits per heavy atom. The third-order valence-corrected chi connectivity index (χ3v) is 7.32. The van der Waals surface area contributed by atoms with E-state index in [4.69, 9.17) is 23.2 Å². The largest absolute Gasteiger partial charge is 0.286 e. The first-order chi connectivity index (χ1) is 12.5. The number of piperidine rings is 1. The van der Waals surface area contributed by atoms with E-state index in [9.17, 15) is 8.42 Å². The van der Waals surface area contributed by atoms with Gasteiger partial charge in [-0.1, -0.05) is 29.3 Å². The number of hydrogen-bond acceptors (Lipinski definition) is 4. The molecule has 0 bridgehead atoms. The van der Waals surface area contributed by atoms with Crippen molar-refractivity contribution in [2.45, 2.75) is 23.7 Å². The number of sulfonamides is 1. The van der Waals surface area contributed by atoms with E-state index < -0.39 is 10.0 Å². The molecule has 0 unspecified atom stereocenters. The molecule has 3 heterocycles. The van der Waals surface area contributed by atoms with Gasteiger partial charge in [-0.3, -0.25) is 4.40 Å². The van der Waals surface area contributed by atoms with Crippen molar-refractivity contribution < 1.29 is 8.42 Å². The second-order valence-electron chi connectivity index (χ2n) is 6.24. The Hall–Kier alpha value is -1.67. The van der Waals surface area contributed by atoms with Crippen LogP contribution in [0.3, 0.4) is 0 Å². The molecule has 1 saturated heterocycles. The highest BCUT2D eigenvalue weighted by Crippen LogP contribution is 2.31. The van der Waals surface area contributed by atoms with Crippen LogP contribution in [0.1, 0.15) is 24.6 Å². The molecule has 6 nitrogen and oxygen atoms in total. The molecule has 0 atom stereocenters. The van der Waals surface area contributed by atoms with Gasteiger partial charge in [-0.05, 0) is 43.2 Å². The fraction of sp³-hybridized carbons (Fsp3) is 0.294. The van der Waals surface area contributed by atoms with E-state index in [1.54, 1.807) is 0 Å². The van der Waals surface area contributed by atoms with Crippen LogP contribution in [0.2, 0.25) is 10.0 Å². The lowest BCUT2D eigenvalue weighted by molar-refractivity contribution is 0.312. The lowest BCUT2D eigenvalue weighted by Crippen LogP contribution is -2.38. The fourth-order valence-corrected chi connectivity index (χ4v) is 5.14. The monoisotopic (exact) mass is 410 g/mol. The summed E-state index contributed by atoms with van der Waals surface area (Å²) in [7, 11) is -3.59. The average molecular weight is 411 g/mol. The minimum atomic E-state index is -3.59. The number of pyridine rings is 1. The molecule has 0 amide bonds. The summed E-state index contributed by atoms with van der Waals surface area (Å²) in [5.74, 6) is 1.06. The Morgan fingerprint density at radius 2 is 1.77 bits per heavy atom. The number of benzene rings is 1. The Kier molecular flexibility index (Phi) is 4.64. The molecule has 1 aromatic carbocycles. The van der Waals surface area contributed by atoms with Gasteiger partial charge in [0.25, 0.3) is 0 Å². The molecule has 136 valence electrons. The molecule has 0 spiro atoms. The molecule has 0 aliphatic carbocycles. The average Bonchev–Trinajstić information content (AvgIpc) is 3.08. The number of aromatic nitrogens is 3. The number of nitrogens with zero attached hydrogens (tertiary/aromatic N) is 4. The van der Waals surface area contributed by atoms with Gasteiger partial charge in [0.2, 0.25) is 10.0 Å². The topological polar surface area (TPSA) is 67.6 Å². The molecule has 9 heteroatoms. The van der Waals surface area contributed by atoms with Crippen molar-refractivity contribution >= 4 is 38.9 Å². The van der Waals surface area contributed by atoms with Crippen LogP contribution in [0.15, 0.2) is 47.5 Å². The SMILES string of the molecule is O=S(=O)(c1ccc(Cl)c(Cl)c1)N1CCC(c2nnc3ccccn23)CC1. The summed E-state index contributed by atoms with van der Waals surface area (Å²) in [6.45, 7) is 0.851. The van der Waals surface area contributed by atoms with Crippen LogP contribution in [0.25, 0.3) is 5.65 Å². The molecule has 1 aliphatic rings. The van der Waals surface area contributed by atoms with Crippen LogP contribution in [-0.4, -0.2) is 40.4 Å². The van der Waals surface area contributed by atoms with Gasteiger partial charge in [0.15, 0.2) is 5.65 Å². The van der Waals surface area contributed by atoms with Crippen molar-refractivity contribution in [2.75, 3.05) is 13.1 Å². The van der Waals surface area contributed by atoms with Crippen LogP contribution in [-0.2, 0) is 10.0 Å². The van der Waals surface area contributed by atoms with E-state index in [0.717, 1.165) is 11.5 Å². The molecule has 2 aromatic heterocycles. The standard InChI is InChI=1S/C17H16Cl2N4O2S/c18-14-5-4-13(11-15(14)19)26(24,25)22-9-6-12(7-10-22)17-21-20-16-3-1-2-8-23(16)17/h1-5,8,11-12H,6-7,9-10H2. The summed E-state index contributed by atoms with van der Waals surface area (Å²) in [5.41, 5.74) is 0.799. The van der Waals surface area contributed by atoms with Crippen LogP contribution in [0, 0.1) is 0 Å². The van der Waals surface area contributed by atoms with Crippen molar-refractivity contribution in [3.8, 4) is 0 Å². The molecule has 1 fully saturated rings. The maximum Gasteiger partial charge on any atom is 0.243 e. The van der Waals surface area contributed by atoms with Gasteiger partial charge in [-0.2, -0.15) is 4.31 Å². The lowest BCUT2D eigenvalue weighted by Gasteiger charge is -2.30. The van der Waals surface area contributed by atoms with Crippen LogP contribution < -0.4 is 0 Å². The zero-order valence-corrected chi connectivity index (χ0v) is 16.0. The smallest absolute Gasteiger partial charge is 0.243 e. The first kappa shape index (κ1) is 17.7. The number of rotatable bonds is 3. The predicted octanol–water partition coefficient (Wildman–Crippen LogP) is 3.60. The minimum Gasteiger partial charge on any atom is -0.286 e. The highest BCUT2D eigenvalue weighted by Gasteiger charge is 2.31. The highest BCUT2D eigenvalue weighted by atomic mass is 35.5. The zero-order chi connectivity index (χ0) is 18.3. The van der Waals surface area contributed by atoms with Gasteiger partial charge in [-0.25, -0.2) is 8.42 Å². The molecule has 3 aromatic rings. The number of halogens is 2. The van der Waals surface area contributed by atoms with Crippen LogP contribution in [0.4, 0.5) is 0 Å². The van der Waals surface area contributed by atoms with Gasteiger partial charge in [0.1, 0.15) is 5.82 Å². The van der Waals surface area contributed by atoms with Gasteiger partial charge in [0.05, 0.1) is 14.9 Å². The van der Waals surface area contributed by atoms with Crippen molar-refractivity contribution in [1.29, 1.82) is 0 Å². The normalized spacial score (nSPS) is 17.0. The second-order valence-corrected chi connectivity index (χ2v) is 8.99.